The first-order valence-corrected chi connectivity index (χ1v) is 12.6. The number of carbonyl (C=O) groups excluding carboxylic acids is 3. The number of hydrogen-bond acceptors (Lipinski definition) is 5. The topological polar surface area (TPSA) is 92.2 Å². The molecule has 0 saturated carbocycles. The molecule has 178 valence electrons. The minimum Gasteiger partial charge on any atom is -0.322 e. The summed E-state index contributed by atoms with van der Waals surface area (Å²) in [5.74, 6) is -1.19. The van der Waals surface area contributed by atoms with Gasteiger partial charge in [0.05, 0.1) is 5.56 Å². The Kier molecular flexibility index (Phi) is 6.12. The molecule has 1 saturated heterocycles. The molecule has 1 aromatic carbocycles. The second kappa shape index (κ2) is 9.24. The Bertz CT molecular complexity index is 1390. The van der Waals surface area contributed by atoms with Crippen LogP contribution in [0.5, 0.6) is 0 Å². The number of amides is 3. The minimum atomic E-state index is -0.530. The van der Waals surface area contributed by atoms with E-state index in [1.54, 1.807) is 17.4 Å². The fraction of sp³-hybridized carbons (Fsp3) is 0.231. The van der Waals surface area contributed by atoms with Crippen molar-refractivity contribution in [2.24, 2.45) is 0 Å². The van der Waals surface area contributed by atoms with Crippen molar-refractivity contribution in [3.05, 3.63) is 74.9 Å². The number of nitrogens with one attached hydrogen (secondary N) is 3. The van der Waals surface area contributed by atoms with Crippen molar-refractivity contribution < 1.29 is 14.4 Å². The number of hydrogen-bond donors (Lipinski definition) is 3. The molecule has 3 aromatic rings. The highest BCUT2D eigenvalue weighted by atomic mass is 32.1. The second-order valence-corrected chi connectivity index (χ2v) is 10.2. The fourth-order valence-corrected chi connectivity index (χ4v) is 6.35. The van der Waals surface area contributed by atoms with Gasteiger partial charge < -0.3 is 9.88 Å². The first kappa shape index (κ1) is 23.2. The number of thiophene rings is 1. The average Bonchev–Trinajstić information content (AvgIpc) is 3.33. The largest absolute Gasteiger partial charge is 0.322 e. The summed E-state index contributed by atoms with van der Waals surface area (Å²) in [4.78, 5) is 39.5. The molecule has 1 fully saturated rings. The van der Waals surface area contributed by atoms with Crippen LogP contribution in [-0.4, -0.2) is 27.4 Å². The third-order valence-corrected chi connectivity index (χ3v) is 7.81. The van der Waals surface area contributed by atoms with E-state index in [0.29, 0.717) is 5.56 Å². The highest BCUT2D eigenvalue weighted by Crippen LogP contribution is 2.39. The zero-order valence-corrected chi connectivity index (χ0v) is 21.0. The van der Waals surface area contributed by atoms with Gasteiger partial charge in [0, 0.05) is 22.0 Å². The van der Waals surface area contributed by atoms with Crippen molar-refractivity contribution in [3.63, 3.8) is 0 Å². The lowest BCUT2D eigenvalue weighted by Crippen LogP contribution is -2.51. The molecule has 0 unspecified atom stereocenters. The van der Waals surface area contributed by atoms with Gasteiger partial charge in [-0.15, -0.1) is 11.3 Å². The summed E-state index contributed by atoms with van der Waals surface area (Å²) in [6.45, 7) is 3.89. The highest BCUT2D eigenvalue weighted by Gasteiger charge is 2.29. The molecule has 35 heavy (non-hydrogen) atoms. The summed E-state index contributed by atoms with van der Waals surface area (Å²) in [6, 6.07) is 11.4. The summed E-state index contributed by atoms with van der Waals surface area (Å²) >= 11 is 6.54. The number of para-hydroxylation sites is 1. The molecule has 0 radical (unpaired) electrons. The second-order valence-electron chi connectivity index (χ2n) is 8.67. The van der Waals surface area contributed by atoms with Gasteiger partial charge >= 0.3 is 0 Å². The number of thiocarbonyl (C=S) groups is 1. The van der Waals surface area contributed by atoms with E-state index in [4.69, 9.17) is 12.2 Å². The summed E-state index contributed by atoms with van der Waals surface area (Å²) in [5.41, 5.74) is 5.05. The van der Waals surface area contributed by atoms with Crippen LogP contribution >= 0.6 is 23.6 Å². The van der Waals surface area contributed by atoms with Crippen molar-refractivity contribution >= 4 is 58.2 Å². The molecule has 3 N–H and O–H groups in total. The third-order valence-electron chi connectivity index (χ3n) is 6.33. The molecule has 2 aromatic heterocycles. The molecule has 0 atom stereocenters. The number of aryl methyl sites for hydroxylation is 2. The van der Waals surface area contributed by atoms with Crippen LogP contribution in [0.4, 0.5) is 5.69 Å². The normalized spacial score (nSPS) is 15.4. The van der Waals surface area contributed by atoms with Crippen LogP contribution in [0, 0.1) is 13.8 Å². The van der Waals surface area contributed by atoms with Gasteiger partial charge in [-0.1, -0.05) is 18.2 Å². The predicted octanol–water partition coefficient (Wildman–Crippen LogP) is 4.20. The van der Waals surface area contributed by atoms with Crippen LogP contribution in [0.2, 0.25) is 0 Å². The number of anilines is 1. The molecule has 1 aliphatic carbocycles. The number of carbonyl (C=O) groups is 3. The van der Waals surface area contributed by atoms with Crippen LogP contribution in [-0.2, 0) is 22.4 Å². The maximum absolute atomic E-state index is 13.6. The fourth-order valence-electron chi connectivity index (χ4n) is 4.67. The number of aromatic nitrogens is 1. The van der Waals surface area contributed by atoms with Crippen LogP contribution in [0.25, 0.3) is 11.1 Å². The third kappa shape index (κ3) is 4.33. The Labute approximate surface area is 212 Å². The molecular weight excluding hydrogens is 480 g/mol. The van der Waals surface area contributed by atoms with E-state index in [1.807, 2.05) is 50.2 Å². The summed E-state index contributed by atoms with van der Waals surface area (Å²) in [5, 5.41) is 8.86. The van der Waals surface area contributed by atoms with Gasteiger partial charge in [-0.2, -0.15) is 0 Å². The van der Waals surface area contributed by atoms with Gasteiger partial charge in [0.2, 0.25) is 0 Å². The van der Waals surface area contributed by atoms with Gasteiger partial charge in [0.15, 0.2) is 5.11 Å². The van der Waals surface area contributed by atoms with E-state index < -0.39 is 11.8 Å². The van der Waals surface area contributed by atoms with Crippen molar-refractivity contribution in [3.8, 4) is 5.00 Å². The molecule has 3 amide bonds. The van der Waals surface area contributed by atoms with E-state index in [1.165, 1.54) is 4.88 Å². The van der Waals surface area contributed by atoms with Crippen molar-refractivity contribution in [1.82, 2.24) is 15.2 Å². The van der Waals surface area contributed by atoms with Crippen LogP contribution in [0.1, 0.15) is 50.6 Å². The molecule has 0 bridgehead atoms. The number of nitrogens with zero attached hydrogens (tertiary/aromatic N) is 1. The molecule has 9 heteroatoms. The molecule has 3 heterocycles. The van der Waals surface area contributed by atoms with Gasteiger partial charge in [-0.25, -0.2) is 0 Å². The van der Waals surface area contributed by atoms with Crippen molar-refractivity contribution in [2.75, 3.05) is 5.32 Å². The Morgan fingerprint density at radius 3 is 2.49 bits per heavy atom. The van der Waals surface area contributed by atoms with E-state index in [9.17, 15) is 14.4 Å². The standard InChI is InChI=1S/C26H24N4O3S2/c1-14-12-16(13-19-22(31)28-26(34)29-23(19)32)15(2)30(14)25-21(18-10-6-7-11-20(18)35-25)24(33)27-17-8-4-3-5-9-17/h3-5,8-9,12-13H,6-7,10-11H2,1-2H3,(H,27,33)(H2,28,29,31,32,34). The molecule has 1 aliphatic heterocycles. The van der Waals surface area contributed by atoms with E-state index >= 15 is 0 Å². The first-order chi connectivity index (χ1) is 16.8. The van der Waals surface area contributed by atoms with Crippen LogP contribution in [0.15, 0.2) is 42.0 Å². The Balaban J connectivity index is 1.60. The zero-order chi connectivity index (χ0) is 24.7. The number of benzene rings is 1. The summed E-state index contributed by atoms with van der Waals surface area (Å²) in [6.07, 6.45) is 5.58. The first-order valence-electron chi connectivity index (χ1n) is 11.4. The molecular formula is C26H24N4O3S2. The van der Waals surface area contributed by atoms with E-state index in [0.717, 1.165) is 58.9 Å². The maximum Gasteiger partial charge on any atom is 0.263 e. The monoisotopic (exact) mass is 504 g/mol. The number of rotatable bonds is 4. The Hall–Kier alpha value is -3.56. The van der Waals surface area contributed by atoms with Crippen molar-refractivity contribution in [2.45, 2.75) is 39.5 Å². The van der Waals surface area contributed by atoms with Gasteiger partial charge in [0.25, 0.3) is 17.7 Å². The van der Waals surface area contributed by atoms with Crippen molar-refractivity contribution in [1.29, 1.82) is 0 Å². The Morgan fingerprint density at radius 1 is 1.09 bits per heavy atom. The van der Waals surface area contributed by atoms with Gasteiger partial charge in [0.1, 0.15) is 10.6 Å². The summed E-state index contributed by atoms with van der Waals surface area (Å²) in [7, 11) is 0. The predicted molar refractivity (Wildman–Crippen MR) is 141 cm³/mol. The maximum atomic E-state index is 13.6. The lowest BCUT2D eigenvalue weighted by atomic mass is 9.95. The lowest BCUT2D eigenvalue weighted by molar-refractivity contribution is -0.123. The average molecular weight is 505 g/mol. The molecule has 7 nitrogen and oxygen atoms in total. The number of fused-ring (bicyclic) bond motifs is 1. The van der Waals surface area contributed by atoms with Gasteiger partial charge in [-0.3, -0.25) is 25.0 Å². The summed E-state index contributed by atoms with van der Waals surface area (Å²) < 4.78 is 2.05. The molecule has 0 spiro atoms. The smallest absolute Gasteiger partial charge is 0.263 e. The SMILES string of the molecule is Cc1cc(C=C2C(=O)NC(=S)NC2=O)c(C)n1-c1sc2c(c1C(=O)Nc1ccccc1)CCCC2. The van der Waals surface area contributed by atoms with Crippen LogP contribution < -0.4 is 16.0 Å². The minimum absolute atomic E-state index is 0.000795. The molecule has 5 rings (SSSR count). The van der Waals surface area contributed by atoms with Gasteiger partial charge in [-0.05, 0) is 87.2 Å². The van der Waals surface area contributed by atoms with Crippen LogP contribution in [0.3, 0.4) is 0 Å². The quantitative estimate of drug-likeness (QED) is 0.282. The van der Waals surface area contributed by atoms with E-state index in [-0.39, 0.29) is 16.6 Å². The zero-order valence-electron chi connectivity index (χ0n) is 19.4. The van der Waals surface area contributed by atoms with E-state index in [2.05, 4.69) is 20.5 Å². The lowest BCUT2D eigenvalue weighted by Gasteiger charge is -2.16. The highest BCUT2D eigenvalue weighted by molar-refractivity contribution is 7.80. The Morgan fingerprint density at radius 2 is 1.77 bits per heavy atom. The molecule has 2 aliphatic rings.